The summed E-state index contributed by atoms with van der Waals surface area (Å²) in [6.07, 6.45) is 83.1. The zero-order valence-corrected chi connectivity index (χ0v) is 46.4. The number of rotatable bonds is 51. The second-order valence-electron chi connectivity index (χ2n) is 18.8. The van der Waals surface area contributed by atoms with E-state index < -0.39 is 6.10 Å². The fourth-order valence-corrected chi connectivity index (χ4v) is 7.59. The van der Waals surface area contributed by atoms with Crippen LogP contribution in [0.25, 0.3) is 0 Å². The van der Waals surface area contributed by atoms with Crippen molar-refractivity contribution in [3.63, 3.8) is 0 Å². The van der Waals surface area contributed by atoms with Crippen LogP contribution in [0.2, 0.25) is 0 Å². The molecule has 0 spiro atoms. The van der Waals surface area contributed by atoms with E-state index in [1.54, 1.807) is 0 Å². The van der Waals surface area contributed by atoms with Crippen molar-refractivity contribution >= 4 is 17.9 Å². The molecule has 1 unspecified atom stereocenters. The first-order valence-electron chi connectivity index (χ1n) is 29.2. The largest absolute Gasteiger partial charge is 0.462 e. The highest BCUT2D eigenvalue weighted by molar-refractivity contribution is 5.71. The average molecular weight is 996 g/mol. The van der Waals surface area contributed by atoms with Crippen LogP contribution in [0.1, 0.15) is 245 Å². The van der Waals surface area contributed by atoms with Crippen LogP contribution in [0.15, 0.2) is 134 Å². The Morgan fingerprint density at radius 3 is 0.875 bits per heavy atom. The predicted octanol–water partition coefficient (Wildman–Crippen LogP) is 19.8. The first-order valence-corrected chi connectivity index (χ1v) is 29.2. The van der Waals surface area contributed by atoms with Gasteiger partial charge < -0.3 is 14.2 Å². The molecule has 0 rings (SSSR count). The molecule has 1 atom stereocenters. The lowest BCUT2D eigenvalue weighted by Gasteiger charge is -2.18. The Bertz CT molecular complexity index is 1560. The quantitative estimate of drug-likeness (QED) is 0.0261. The highest BCUT2D eigenvalue weighted by atomic mass is 16.6. The highest BCUT2D eigenvalue weighted by Gasteiger charge is 2.19. The molecule has 6 nitrogen and oxygen atoms in total. The lowest BCUT2D eigenvalue weighted by atomic mass is 10.0. The third-order valence-corrected chi connectivity index (χ3v) is 11.9. The lowest BCUT2D eigenvalue weighted by Crippen LogP contribution is -2.30. The number of ether oxygens (including phenoxy) is 3. The van der Waals surface area contributed by atoms with E-state index in [0.717, 1.165) is 128 Å². The summed E-state index contributed by atoms with van der Waals surface area (Å²) >= 11 is 0. The molecular formula is C66H106O6. The van der Waals surface area contributed by atoms with Crippen LogP contribution in [-0.2, 0) is 28.6 Å². The third-order valence-electron chi connectivity index (χ3n) is 11.9. The molecule has 6 heteroatoms. The average Bonchev–Trinajstić information content (AvgIpc) is 3.38. The maximum absolute atomic E-state index is 12.8. The Labute approximate surface area is 443 Å². The first kappa shape index (κ1) is 67.5. The summed E-state index contributed by atoms with van der Waals surface area (Å²) in [6, 6.07) is 0. The maximum atomic E-state index is 12.8. The second kappa shape index (κ2) is 59.1. The molecule has 0 saturated carbocycles. The minimum absolute atomic E-state index is 0.109. The van der Waals surface area contributed by atoms with E-state index in [4.69, 9.17) is 14.2 Å². The van der Waals surface area contributed by atoms with Crippen molar-refractivity contribution in [3.8, 4) is 0 Å². The van der Waals surface area contributed by atoms with E-state index in [2.05, 4.69) is 154 Å². The molecule has 0 aromatic carbocycles. The van der Waals surface area contributed by atoms with Crippen molar-refractivity contribution in [2.45, 2.75) is 252 Å². The predicted molar refractivity (Wildman–Crippen MR) is 311 cm³/mol. The second-order valence-corrected chi connectivity index (χ2v) is 18.8. The van der Waals surface area contributed by atoms with Crippen molar-refractivity contribution < 1.29 is 28.6 Å². The third kappa shape index (κ3) is 56.5. The molecule has 0 amide bonds. The van der Waals surface area contributed by atoms with Gasteiger partial charge in [-0.05, 0) is 116 Å². The van der Waals surface area contributed by atoms with Crippen LogP contribution < -0.4 is 0 Å². The number of unbranched alkanes of at least 4 members (excludes halogenated alkanes) is 18. The van der Waals surface area contributed by atoms with Gasteiger partial charge in [-0.15, -0.1) is 0 Å². The van der Waals surface area contributed by atoms with Crippen LogP contribution in [0, 0.1) is 0 Å². The van der Waals surface area contributed by atoms with Gasteiger partial charge in [0.2, 0.25) is 0 Å². The number of hydrogen-bond donors (Lipinski definition) is 0. The van der Waals surface area contributed by atoms with E-state index in [1.807, 2.05) is 0 Å². The van der Waals surface area contributed by atoms with E-state index >= 15 is 0 Å². The highest BCUT2D eigenvalue weighted by Crippen LogP contribution is 2.15. The summed E-state index contributed by atoms with van der Waals surface area (Å²) in [5, 5.41) is 0. The van der Waals surface area contributed by atoms with Gasteiger partial charge in [0.1, 0.15) is 13.2 Å². The standard InChI is InChI=1S/C66H106O6/c1-4-7-10-13-16-19-22-25-27-28-29-30-31-32-33-34-35-36-37-38-39-42-44-47-50-53-56-59-65(68)71-62-63(61-70-64(67)58-55-52-49-46-43-40-24-21-18-15-12-9-6-3)72-66(69)60-57-54-51-48-45-41-26-23-20-17-14-11-8-5-2/h7,9-10,12,16,18-19,21,25,27,29-30,32-33,35-36,38-40,43-44,47,63H,4-6,8,11,13-15,17,20,22-24,26,28,31,34,37,41-42,45-46,48-62H2,1-3H3/b10-7-,12-9-,19-16-,21-18-,27-25-,30-29-,33-32-,36-35-,39-38-,43-40-,47-44-. The number of allylic oxidation sites excluding steroid dienone is 22. The summed E-state index contributed by atoms with van der Waals surface area (Å²) in [5.74, 6) is -0.983. The molecule has 0 aromatic heterocycles. The van der Waals surface area contributed by atoms with Crippen LogP contribution in [0.3, 0.4) is 0 Å². The smallest absolute Gasteiger partial charge is 0.306 e. The Hall–Kier alpha value is -4.45. The Balaban J connectivity index is 4.44. The van der Waals surface area contributed by atoms with Gasteiger partial charge in [-0.25, -0.2) is 0 Å². The van der Waals surface area contributed by atoms with Gasteiger partial charge in [0.25, 0.3) is 0 Å². The van der Waals surface area contributed by atoms with Crippen molar-refractivity contribution in [2.75, 3.05) is 13.2 Å². The molecule has 0 radical (unpaired) electrons. The SMILES string of the molecule is CC/C=C\C/C=C\C/C=C\C/C=C\C/C=C\C/C=C\C/C=C\C/C=C\CCCCC(=O)OCC(COC(=O)CCCCC/C=C\C/C=C\C/C=C\CC)OC(=O)CCCCCCCCCCCCCCCC. The molecule has 0 aliphatic rings. The van der Waals surface area contributed by atoms with Crippen LogP contribution >= 0.6 is 0 Å². The molecule has 0 N–H and O–H groups in total. The molecular weight excluding hydrogens is 889 g/mol. The molecule has 0 aromatic rings. The summed E-state index contributed by atoms with van der Waals surface area (Å²) in [4.78, 5) is 38.1. The van der Waals surface area contributed by atoms with Gasteiger partial charge in [-0.2, -0.15) is 0 Å². The fraction of sp³-hybridized carbons (Fsp3) is 0.621. The molecule has 0 aliphatic heterocycles. The monoisotopic (exact) mass is 995 g/mol. The normalized spacial score (nSPS) is 13.1. The Morgan fingerprint density at radius 2 is 0.542 bits per heavy atom. The van der Waals surface area contributed by atoms with E-state index in [1.165, 1.54) is 70.6 Å². The molecule has 0 heterocycles. The minimum atomic E-state index is -0.811. The van der Waals surface area contributed by atoms with E-state index in [-0.39, 0.29) is 31.1 Å². The Morgan fingerprint density at radius 1 is 0.292 bits per heavy atom. The summed E-state index contributed by atoms with van der Waals surface area (Å²) < 4.78 is 16.8. The van der Waals surface area contributed by atoms with Crippen molar-refractivity contribution in [2.24, 2.45) is 0 Å². The number of esters is 3. The van der Waals surface area contributed by atoms with Crippen molar-refractivity contribution in [1.82, 2.24) is 0 Å². The summed E-state index contributed by atoms with van der Waals surface area (Å²) in [5.41, 5.74) is 0. The van der Waals surface area contributed by atoms with Gasteiger partial charge in [0.05, 0.1) is 0 Å². The van der Waals surface area contributed by atoms with E-state index in [9.17, 15) is 14.4 Å². The molecule has 0 saturated heterocycles. The van der Waals surface area contributed by atoms with Crippen LogP contribution in [0.4, 0.5) is 0 Å². The molecule has 0 bridgehead atoms. The molecule has 0 fully saturated rings. The number of carbonyl (C=O) groups excluding carboxylic acids is 3. The van der Waals surface area contributed by atoms with Gasteiger partial charge in [-0.3, -0.25) is 14.4 Å². The van der Waals surface area contributed by atoms with E-state index in [0.29, 0.717) is 25.7 Å². The Kier molecular flexibility index (Phi) is 55.5. The zero-order valence-electron chi connectivity index (χ0n) is 46.4. The van der Waals surface area contributed by atoms with Crippen LogP contribution in [0.5, 0.6) is 0 Å². The van der Waals surface area contributed by atoms with Crippen molar-refractivity contribution in [1.29, 1.82) is 0 Å². The fourth-order valence-electron chi connectivity index (χ4n) is 7.59. The topological polar surface area (TPSA) is 78.9 Å². The van der Waals surface area contributed by atoms with Gasteiger partial charge in [0.15, 0.2) is 6.10 Å². The van der Waals surface area contributed by atoms with Gasteiger partial charge in [-0.1, -0.05) is 244 Å². The lowest BCUT2D eigenvalue weighted by molar-refractivity contribution is -0.167. The molecule has 406 valence electrons. The van der Waals surface area contributed by atoms with Crippen LogP contribution in [-0.4, -0.2) is 37.2 Å². The first-order chi connectivity index (χ1) is 35.5. The number of hydrogen-bond acceptors (Lipinski definition) is 6. The van der Waals surface area contributed by atoms with Crippen molar-refractivity contribution in [3.05, 3.63) is 134 Å². The number of carbonyl (C=O) groups is 3. The molecule has 72 heavy (non-hydrogen) atoms. The summed E-state index contributed by atoms with van der Waals surface area (Å²) in [7, 11) is 0. The maximum Gasteiger partial charge on any atom is 0.306 e. The minimum Gasteiger partial charge on any atom is -0.462 e. The van der Waals surface area contributed by atoms with Gasteiger partial charge in [0, 0.05) is 19.3 Å². The van der Waals surface area contributed by atoms with Gasteiger partial charge >= 0.3 is 17.9 Å². The zero-order chi connectivity index (χ0) is 52.2. The molecule has 0 aliphatic carbocycles. The summed E-state index contributed by atoms with van der Waals surface area (Å²) in [6.45, 7) is 6.34.